The average molecular weight is 277 g/mol. The van der Waals surface area contributed by atoms with Gasteiger partial charge in [-0.3, -0.25) is 9.59 Å². The second-order valence-corrected chi connectivity index (χ2v) is 4.99. The second kappa shape index (κ2) is 8.19. The summed E-state index contributed by atoms with van der Waals surface area (Å²) in [6.45, 7) is 7.50. The lowest BCUT2D eigenvalue weighted by Gasteiger charge is -2.09. The summed E-state index contributed by atoms with van der Waals surface area (Å²) in [4.78, 5) is 23.3. The van der Waals surface area contributed by atoms with Crippen LogP contribution >= 0.6 is 0 Å². The van der Waals surface area contributed by atoms with E-state index in [1.807, 2.05) is 32.9 Å². The maximum Gasteiger partial charge on any atom is 0.251 e. The Morgan fingerprint density at radius 2 is 1.75 bits per heavy atom. The average Bonchev–Trinajstić information content (AvgIpc) is 2.43. The van der Waals surface area contributed by atoms with E-state index in [-0.39, 0.29) is 18.4 Å². The van der Waals surface area contributed by atoms with Crippen molar-refractivity contribution in [1.82, 2.24) is 10.6 Å². The monoisotopic (exact) mass is 277 g/mol. The number of nitrogens with one attached hydrogen (secondary N) is 3. The minimum Gasteiger partial charge on any atom is -0.385 e. The van der Waals surface area contributed by atoms with E-state index in [4.69, 9.17) is 0 Å². The molecule has 0 heterocycles. The van der Waals surface area contributed by atoms with Crippen LogP contribution in [0.2, 0.25) is 0 Å². The van der Waals surface area contributed by atoms with Crippen LogP contribution in [-0.4, -0.2) is 31.4 Å². The van der Waals surface area contributed by atoms with Crippen LogP contribution in [0.1, 0.15) is 31.1 Å². The molecule has 0 aromatic heterocycles. The number of amides is 2. The molecule has 3 N–H and O–H groups in total. The van der Waals surface area contributed by atoms with Gasteiger partial charge in [0.25, 0.3) is 5.91 Å². The molecule has 0 aliphatic carbocycles. The zero-order valence-electron chi connectivity index (χ0n) is 12.3. The molecular weight excluding hydrogens is 254 g/mol. The molecule has 0 saturated heterocycles. The summed E-state index contributed by atoms with van der Waals surface area (Å²) < 4.78 is 0. The first-order valence-electron chi connectivity index (χ1n) is 6.91. The summed E-state index contributed by atoms with van der Waals surface area (Å²) in [6, 6.07) is 7.16. The highest BCUT2D eigenvalue weighted by molar-refractivity contribution is 5.96. The van der Waals surface area contributed by atoms with Gasteiger partial charge in [0.1, 0.15) is 0 Å². The van der Waals surface area contributed by atoms with Crippen LogP contribution in [0.5, 0.6) is 0 Å². The smallest absolute Gasteiger partial charge is 0.251 e. The highest BCUT2D eigenvalue weighted by Crippen LogP contribution is 2.08. The number of hydrogen-bond donors (Lipinski definition) is 3. The predicted molar refractivity (Wildman–Crippen MR) is 80.8 cm³/mol. The molecule has 0 atom stereocenters. The fraction of sp³-hybridized carbons (Fsp3) is 0.467. The Bertz CT molecular complexity index is 441. The van der Waals surface area contributed by atoms with Crippen LogP contribution in [0, 0.1) is 5.92 Å². The molecular formula is C15H23N3O2. The minimum atomic E-state index is -0.243. The maximum absolute atomic E-state index is 11.8. The SMILES string of the molecule is CCNc1ccc(C(=O)NCC(=O)NCC(C)C)cc1. The van der Waals surface area contributed by atoms with E-state index >= 15 is 0 Å². The number of carbonyl (C=O) groups excluding carboxylic acids is 2. The van der Waals surface area contributed by atoms with Crippen molar-refractivity contribution < 1.29 is 9.59 Å². The van der Waals surface area contributed by atoms with Gasteiger partial charge in [-0.05, 0) is 37.1 Å². The topological polar surface area (TPSA) is 70.2 Å². The lowest BCUT2D eigenvalue weighted by molar-refractivity contribution is -0.120. The highest BCUT2D eigenvalue weighted by Gasteiger charge is 2.08. The van der Waals surface area contributed by atoms with E-state index < -0.39 is 0 Å². The van der Waals surface area contributed by atoms with Gasteiger partial charge in [-0.1, -0.05) is 13.8 Å². The van der Waals surface area contributed by atoms with Crippen LogP contribution in [0.4, 0.5) is 5.69 Å². The molecule has 1 rings (SSSR count). The summed E-state index contributed by atoms with van der Waals surface area (Å²) in [7, 11) is 0. The number of hydrogen-bond acceptors (Lipinski definition) is 3. The molecule has 1 aromatic carbocycles. The normalized spacial score (nSPS) is 10.2. The highest BCUT2D eigenvalue weighted by atomic mass is 16.2. The van der Waals surface area contributed by atoms with Gasteiger partial charge in [-0.25, -0.2) is 0 Å². The molecule has 0 spiro atoms. The standard InChI is InChI=1S/C15H23N3O2/c1-4-16-13-7-5-12(6-8-13)15(20)18-10-14(19)17-9-11(2)3/h5-8,11,16H,4,9-10H2,1-3H3,(H,17,19)(H,18,20). The van der Waals surface area contributed by atoms with Crippen LogP contribution < -0.4 is 16.0 Å². The molecule has 2 amide bonds. The molecule has 110 valence electrons. The van der Waals surface area contributed by atoms with E-state index in [0.717, 1.165) is 12.2 Å². The summed E-state index contributed by atoms with van der Waals surface area (Å²) in [5.74, 6) is -0.0164. The number of carbonyl (C=O) groups is 2. The van der Waals surface area contributed by atoms with E-state index in [0.29, 0.717) is 18.0 Å². The first-order chi connectivity index (χ1) is 9.52. The van der Waals surface area contributed by atoms with E-state index in [1.165, 1.54) is 0 Å². The molecule has 0 bridgehead atoms. The lowest BCUT2D eigenvalue weighted by Crippen LogP contribution is -2.38. The van der Waals surface area contributed by atoms with Crippen molar-refractivity contribution in [1.29, 1.82) is 0 Å². The summed E-state index contributed by atoms with van der Waals surface area (Å²) >= 11 is 0. The zero-order chi connectivity index (χ0) is 15.0. The van der Waals surface area contributed by atoms with Crippen molar-refractivity contribution in [3.8, 4) is 0 Å². The molecule has 0 aliphatic heterocycles. The Morgan fingerprint density at radius 3 is 2.30 bits per heavy atom. The van der Waals surface area contributed by atoms with E-state index in [2.05, 4.69) is 16.0 Å². The van der Waals surface area contributed by atoms with Crippen molar-refractivity contribution in [2.45, 2.75) is 20.8 Å². The van der Waals surface area contributed by atoms with Gasteiger partial charge in [0, 0.05) is 24.3 Å². The van der Waals surface area contributed by atoms with Crippen LogP contribution in [0.15, 0.2) is 24.3 Å². The first-order valence-corrected chi connectivity index (χ1v) is 6.91. The number of rotatable bonds is 7. The van der Waals surface area contributed by atoms with E-state index in [1.54, 1.807) is 12.1 Å². The molecule has 0 fully saturated rings. The third kappa shape index (κ3) is 5.73. The Hall–Kier alpha value is -2.04. The number of anilines is 1. The number of benzene rings is 1. The van der Waals surface area contributed by atoms with Gasteiger partial charge in [0.15, 0.2) is 0 Å². The van der Waals surface area contributed by atoms with Crippen molar-refractivity contribution in [3.05, 3.63) is 29.8 Å². The van der Waals surface area contributed by atoms with Crippen LogP contribution in [0.25, 0.3) is 0 Å². The second-order valence-electron chi connectivity index (χ2n) is 4.99. The summed E-state index contributed by atoms with van der Waals surface area (Å²) in [6.07, 6.45) is 0. The molecule has 1 aromatic rings. The zero-order valence-corrected chi connectivity index (χ0v) is 12.3. The van der Waals surface area contributed by atoms with Crippen LogP contribution in [-0.2, 0) is 4.79 Å². The molecule has 0 unspecified atom stereocenters. The van der Waals surface area contributed by atoms with Crippen molar-refractivity contribution >= 4 is 17.5 Å². The Kier molecular flexibility index (Phi) is 6.56. The molecule has 20 heavy (non-hydrogen) atoms. The minimum absolute atomic E-state index is 0.000511. The van der Waals surface area contributed by atoms with Crippen molar-refractivity contribution in [2.24, 2.45) is 5.92 Å². The predicted octanol–water partition coefficient (Wildman–Crippen LogP) is 1.62. The summed E-state index contributed by atoms with van der Waals surface area (Å²) in [5.41, 5.74) is 1.52. The van der Waals surface area contributed by atoms with Gasteiger partial charge in [-0.15, -0.1) is 0 Å². The van der Waals surface area contributed by atoms with Gasteiger partial charge < -0.3 is 16.0 Å². The molecule has 5 nitrogen and oxygen atoms in total. The third-order valence-electron chi connectivity index (χ3n) is 2.64. The van der Waals surface area contributed by atoms with Crippen LogP contribution in [0.3, 0.4) is 0 Å². The maximum atomic E-state index is 11.8. The Balaban J connectivity index is 2.40. The van der Waals surface area contributed by atoms with Gasteiger partial charge in [0.05, 0.1) is 6.54 Å². The summed E-state index contributed by atoms with van der Waals surface area (Å²) in [5, 5.41) is 8.51. The third-order valence-corrected chi connectivity index (χ3v) is 2.64. The fourth-order valence-electron chi connectivity index (χ4n) is 1.59. The largest absolute Gasteiger partial charge is 0.385 e. The molecule has 5 heteroatoms. The fourth-order valence-corrected chi connectivity index (χ4v) is 1.59. The van der Waals surface area contributed by atoms with E-state index in [9.17, 15) is 9.59 Å². The lowest BCUT2D eigenvalue weighted by atomic mass is 10.2. The van der Waals surface area contributed by atoms with Gasteiger partial charge >= 0.3 is 0 Å². The van der Waals surface area contributed by atoms with Crippen molar-refractivity contribution in [2.75, 3.05) is 25.0 Å². The molecule has 0 saturated carbocycles. The molecule has 0 aliphatic rings. The quantitative estimate of drug-likeness (QED) is 0.709. The van der Waals surface area contributed by atoms with Gasteiger partial charge in [0.2, 0.25) is 5.91 Å². The Morgan fingerprint density at radius 1 is 1.10 bits per heavy atom. The van der Waals surface area contributed by atoms with Crippen molar-refractivity contribution in [3.63, 3.8) is 0 Å². The Labute approximate surface area is 120 Å². The first kappa shape index (κ1) is 16.0. The molecule has 0 radical (unpaired) electrons. The van der Waals surface area contributed by atoms with Gasteiger partial charge in [-0.2, -0.15) is 0 Å².